The largest absolute Gasteiger partial charge is 0.484 e. The van der Waals surface area contributed by atoms with Crippen LogP contribution < -0.4 is 20.3 Å². The molecule has 4 fully saturated rings. The molecule has 2 bridgehead atoms. The first-order valence-corrected chi connectivity index (χ1v) is 10.7. The van der Waals surface area contributed by atoms with Gasteiger partial charge in [0.15, 0.2) is 6.61 Å². The summed E-state index contributed by atoms with van der Waals surface area (Å²) in [6.45, 7) is 2.77. The van der Waals surface area contributed by atoms with Crippen LogP contribution in [-0.4, -0.2) is 59.9 Å². The molecule has 164 valence electrons. The Morgan fingerprint density at radius 3 is 2.74 bits per heavy atom. The van der Waals surface area contributed by atoms with Gasteiger partial charge in [-0.3, -0.25) is 4.79 Å². The van der Waals surface area contributed by atoms with Gasteiger partial charge in [0.25, 0.3) is 5.91 Å². The Morgan fingerprint density at radius 1 is 1.23 bits per heavy atom. The monoisotopic (exact) mass is 447 g/mol. The van der Waals surface area contributed by atoms with Crippen LogP contribution in [0.4, 0.5) is 16.2 Å². The van der Waals surface area contributed by atoms with E-state index in [1.54, 1.807) is 6.20 Å². The van der Waals surface area contributed by atoms with Crippen LogP contribution in [0.15, 0.2) is 30.5 Å². The lowest BCUT2D eigenvalue weighted by molar-refractivity contribution is -0.135. The van der Waals surface area contributed by atoms with E-state index in [1.165, 1.54) is 18.2 Å². The molecule has 1 aromatic carbocycles. The molecule has 1 amide bonds. The first kappa shape index (κ1) is 20.3. The third-order valence-electron chi connectivity index (χ3n) is 6.03. The number of nitrogens with one attached hydrogen (secondary N) is 2. The van der Waals surface area contributed by atoms with E-state index in [4.69, 9.17) is 21.1 Å². The second-order valence-electron chi connectivity index (χ2n) is 8.47. The fourth-order valence-corrected chi connectivity index (χ4v) is 4.82. The highest BCUT2D eigenvalue weighted by Gasteiger charge is 2.68. The molecule has 0 atom stereocenters. The molecule has 0 radical (unpaired) electrons. The highest BCUT2D eigenvalue weighted by Crippen LogP contribution is 2.61. The molecule has 0 unspecified atom stereocenters. The van der Waals surface area contributed by atoms with E-state index in [1.807, 2.05) is 6.07 Å². The smallest absolute Gasteiger partial charge is 0.258 e. The highest BCUT2D eigenvalue weighted by molar-refractivity contribution is 6.30. The Kier molecular flexibility index (Phi) is 5.10. The van der Waals surface area contributed by atoms with Crippen molar-refractivity contribution in [2.75, 3.05) is 43.1 Å². The van der Waals surface area contributed by atoms with E-state index in [9.17, 15) is 9.18 Å². The van der Waals surface area contributed by atoms with Crippen molar-refractivity contribution in [1.82, 2.24) is 15.3 Å². The molecule has 3 saturated carbocycles. The maximum absolute atomic E-state index is 13.5. The number of anilines is 2. The van der Waals surface area contributed by atoms with Crippen LogP contribution in [0.3, 0.4) is 0 Å². The number of ether oxygens (including phenoxy) is 2. The zero-order valence-electron chi connectivity index (χ0n) is 16.9. The number of carbonyl (C=O) groups excluding carboxylic acids is 1. The molecule has 0 spiro atoms. The van der Waals surface area contributed by atoms with Gasteiger partial charge in [-0.05, 0) is 37.5 Å². The van der Waals surface area contributed by atoms with Gasteiger partial charge >= 0.3 is 0 Å². The van der Waals surface area contributed by atoms with Crippen molar-refractivity contribution in [2.24, 2.45) is 0 Å². The summed E-state index contributed by atoms with van der Waals surface area (Å²) < 4.78 is 24.2. The predicted molar refractivity (Wildman–Crippen MR) is 113 cm³/mol. The number of halogens is 2. The number of aromatic nitrogens is 2. The predicted octanol–water partition coefficient (Wildman–Crippen LogP) is 2.39. The quantitative estimate of drug-likeness (QED) is 0.673. The molecule has 3 aliphatic carbocycles. The molecule has 1 aromatic heterocycles. The molecular formula is C21H23ClFN5O3. The van der Waals surface area contributed by atoms with E-state index in [0.29, 0.717) is 19.2 Å². The Labute approximate surface area is 184 Å². The summed E-state index contributed by atoms with van der Waals surface area (Å²) in [5, 5.41) is 6.59. The molecule has 10 heteroatoms. The standard InChI is InChI=1S/C21H23ClFN5O3/c22-15-2-1-14(9-16(15)23)31-10-18(29)27-21-11-20(12-21,13-21)26-17-3-4-24-19(25-17)28-5-7-30-8-6-28/h1-4,9H,5-8,10-13H2,(H,27,29)(H,24,25,26). The van der Waals surface area contributed by atoms with Crippen LogP contribution in [0.1, 0.15) is 19.3 Å². The lowest BCUT2D eigenvalue weighted by Gasteiger charge is -2.70. The molecule has 6 rings (SSSR count). The number of amides is 1. The van der Waals surface area contributed by atoms with Crippen LogP contribution in [0.2, 0.25) is 5.02 Å². The minimum Gasteiger partial charge on any atom is -0.484 e. The summed E-state index contributed by atoms with van der Waals surface area (Å²) in [6, 6.07) is 5.97. The van der Waals surface area contributed by atoms with E-state index < -0.39 is 5.82 Å². The van der Waals surface area contributed by atoms with Crippen molar-refractivity contribution < 1.29 is 18.7 Å². The second kappa shape index (κ2) is 7.80. The molecular weight excluding hydrogens is 425 g/mol. The highest BCUT2D eigenvalue weighted by atomic mass is 35.5. The number of hydrogen-bond acceptors (Lipinski definition) is 7. The van der Waals surface area contributed by atoms with Gasteiger partial charge in [-0.15, -0.1) is 0 Å². The Morgan fingerprint density at radius 2 is 2.00 bits per heavy atom. The van der Waals surface area contributed by atoms with Crippen molar-refractivity contribution in [1.29, 1.82) is 0 Å². The van der Waals surface area contributed by atoms with Gasteiger partial charge in [0.1, 0.15) is 17.4 Å². The summed E-state index contributed by atoms with van der Waals surface area (Å²) in [7, 11) is 0. The Hall–Kier alpha value is -2.65. The SMILES string of the molecule is O=C(COc1ccc(Cl)c(F)c1)NC12CC(Nc3ccnc(N4CCOCC4)n3)(C1)C2. The maximum Gasteiger partial charge on any atom is 0.258 e. The van der Waals surface area contributed by atoms with Crippen LogP contribution in [0.25, 0.3) is 0 Å². The zero-order valence-corrected chi connectivity index (χ0v) is 17.6. The number of carbonyl (C=O) groups is 1. The molecule has 2 aromatic rings. The van der Waals surface area contributed by atoms with Gasteiger partial charge in [0.2, 0.25) is 5.95 Å². The number of morpholine rings is 1. The third kappa shape index (κ3) is 4.12. The number of nitrogens with zero attached hydrogens (tertiary/aromatic N) is 3. The Balaban J connectivity index is 1.10. The number of benzene rings is 1. The summed E-state index contributed by atoms with van der Waals surface area (Å²) in [4.78, 5) is 23.4. The maximum atomic E-state index is 13.5. The van der Waals surface area contributed by atoms with Crippen molar-refractivity contribution in [2.45, 2.75) is 30.3 Å². The van der Waals surface area contributed by atoms with Gasteiger partial charge in [-0.2, -0.15) is 4.98 Å². The average Bonchev–Trinajstić information content (AvgIpc) is 2.73. The molecule has 1 saturated heterocycles. The topological polar surface area (TPSA) is 88.6 Å². The Bertz CT molecular complexity index is 981. The molecule has 2 N–H and O–H groups in total. The van der Waals surface area contributed by atoms with Crippen LogP contribution >= 0.6 is 11.6 Å². The summed E-state index contributed by atoms with van der Waals surface area (Å²) in [5.74, 6) is 0.976. The molecule has 4 aliphatic rings. The average molecular weight is 448 g/mol. The van der Waals surface area contributed by atoms with Gasteiger partial charge in [-0.1, -0.05) is 11.6 Å². The minimum absolute atomic E-state index is 0.0178. The molecule has 1 aliphatic heterocycles. The van der Waals surface area contributed by atoms with Crippen molar-refractivity contribution in [3.63, 3.8) is 0 Å². The molecule has 8 nitrogen and oxygen atoms in total. The normalized spacial score (nSPS) is 26.5. The van der Waals surface area contributed by atoms with Crippen LogP contribution in [0.5, 0.6) is 5.75 Å². The van der Waals surface area contributed by atoms with Gasteiger partial charge in [-0.25, -0.2) is 9.37 Å². The van der Waals surface area contributed by atoms with Crippen molar-refractivity contribution >= 4 is 29.3 Å². The number of hydrogen-bond donors (Lipinski definition) is 2. The fraction of sp³-hybridized carbons (Fsp3) is 0.476. The summed E-state index contributed by atoms with van der Waals surface area (Å²) in [6.07, 6.45) is 4.26. The van der Waals surface area contributed by atoms with E-state index in [-0.39, 0.29) is 34.4 Å². The lowest BCUT2D eigenvalue weighted by Crippen LogP contribution is -2.81. The van der Waals surface area contributed by atoms with E-state index >= 15 is 0 Å². The second-order valence-corrected chi connectivity index (χ2v) is 8.88. The number of rotatable bonds is 7. The zero-order chi connectivity index (χ0) is 21.5. The molecule has 2 heterocycles. The first-order valence-electron chi connectivity index (χ1n) is 10.3. The summed E-state index contributed by atoms with van der Waals surface area (Å²) >= 11 is 5.65. The van der Waals surface area contributed by atoms with Crippen LogP contribution in [0, 0.1) is 5.82 Å². The third-order valence-corrected chi connectivity index (χ3v) is 6.33. The van der Waals surface area contributed by atoms with E-state index in [0.717, 1.165) is 38.2 Å². The van der Waals surface area contributed by atoms with Gasteiger partial charge in [0.05, 0.1) is 18.2 Å². The lowest BCUT2D eigenvalue weighted by atomic mass is 9.44. The van der Waals surface area contributed by atoms with E-state index in [2.05, 4.69) is 25.5 Å². The van der Waals surface area contributed by atoms with Crippen molar-refractivity contribution in [3.05, 3.63) is 41.3 Å². The van der Waals surface area contributed by atoms with Crippen molar-refractivity contribution in [3.8, 4) is 5.75 Å². The van der Waals surface area contributed by atoms with Gasteiger partial charge in [0, 0.05) is 36.4 Å². The summed E-state index contributed by atoms with van der Waals surface area (Å²) in [5.41, 5.74) is -0.233. The fourth-order valence-electron chi connectivity index (χ4n) is 4.71. The van der Waals surface area contributed by atoms with Crippen LogP contribution in [-0.2, 0) is 9.53 Å². The molecule has 31 heavy (non-hydrogen) atoms. The first-order chi connectivity index (χ1) is 14.9. The minimum atomic E-state index is -0.575. The van der Waals surface area contributed by atoms with Gasteiger partial charge < -0.3 is 25.0 Å².